The number of hydrogen-bond donors (Lipinski definition) is 2. The Morgan fingerprint density at radius 1 is 1.16 bits per heavy atom. The van der Waals surface area contributed by atoms with E-state index in [1.807, 2.05) is 6.07 Å². The van der Waals surface area contributed by atoms with Crippen LogP contribution in [0.4, 0.5) is 5.69 Å². The summed E-state index contributed by atoms with van der Waals surface area (Å²) in [6.45, 7) is 2.20. The minimum atomic E-state index is -0.330. The molecular weight excluding hydrogens is 388 g/mol. The van der Waals surface area contributed by atoms with Gasteiger partial charge in [-0.15, -0.1) is 0 Å². The van der Waals surface area contributed by atoms with Gasteiger partial charge in [0, 0.05) is 44.1 Å². The number of pyridine rings is 1. The second-order valence-corrected chi connectivity index (χ2v) is 9.10. The van der Waals surface area contributed by atoms with Gasteiger partial charge in [-0.3, -0.25) is 14.5 Å². The monoisotopic (exact) mass is 422 g/mol. The highest BCUT2D eigenvalue weighted by Crippen LogP contribution is 2.26. The van der Waals surface area contributed by atoms with Crippen molar-refractivity contribution in [2.24, 2.45) is 0 Å². The first-order valence-corrected chi connectivity index (χ1v) is 11.5. The van der Waals surface area contributed by atoms with Crippen molar-refractivity contribution < 1.29 is 4.79 Å². The van der Waals surface area contributed by atoms with Crippen LogP contribution in [0.5, 0.6) is 0 Å². The van der Waals surface area contributed by atoms with Crippen molar-refractivity contribution in [2.75, 3.05) is 25.5 Å². The van der Waals surface area contributed by atoms with E-state index in [1.165, 1.54) is 43.4 Å². The van der Waals surface area contributed by atoms with Crippen molar-refractivity contribution in [3.05, 3.63) is 63.1 Å². The summed E-state index contributed by atoms with van der Waals surface area (Å²) in [5.74, 6) is -0.330. The number of nitrogens with zero attached hydrogens (tertiary/aromatic N) is 2. The summed E-state index contributed by atoms with van der Waals surface area (Å²) in [6.07, 6.45) is 8.56. The average Bonchev–Trinajstić information content (AvgIpc) is 2.78. The molecule has 1 aromatic carbocycles. The van der Waals surface area contributed by atoms with Crippen molar-refractivity contribution in [2.45, 2.75) is 64.1 Å². The van der Waals surface area contributed by atoms with Crippen LogP contribution in [-0.4, -0.2) is 42.5 Å². The second-order valence-electron chi connectivity index (χ2n) is 9.10. The maximum Gasteiger partial charge on any atom is 0.261 e. The maximum absolute atomic E-state index is 12.6. The molecular formula is C25H34N4O2. The topological polar surface area (TPSA) is 68.4 Å². The van der Waals surface area contributed by atoms with Gasteiger partial charge in [0.15, 0.2) is 0 Å². The van der Waals surface area contributed by atoms with Crippen molar-refractivity contribution in [3.63, 3.8) is 0 Å². The number of rotatable bonds is 6. The fraction of sp³-hybridized carbons (Fsp3) is 0.520. The molecule has 166 valence electrons. The summed E-state index contributed by atoms with van der Waals surface area (Å²) in [6, 6.07) is 10.4. The van der Waals surface area contributed by atoms with Crippen LogP contribution >= 0.6 is 0 Å². The first-order valence-electron chi connectivity index (χ1n) is 11.5. The Bertz CT molecular complexity index is 978. The summed E-state index contributed by atoms with van der Waals surface area (Å²) in [7, 11) is 4.23. The molecule has 1 aliphatic carbocycles. The number of benzene rings is 1. The highest BCUT2D eigenvalue weighted by molar-refractivity contribution is 5.93. The third-order valence-electron chi connectivity index (χ3n) is 6.78. The summed E-state index contributed by atoms with van der Waals surface area (Å²) in [5, 5.41) is 2.90. The molecule has 2 N–H and O–H groups in total. The van der Waals surface area contributed by atoms with Gasteiger partial charge < -0.3 is 15.2 Å². The molecule has 0 radical (unpaired) electrons. The molecule has 1 saturated carbocycles. The van der Waals surface area contributed by atoms with E-state index in [1.54, 1.807) is 6.07 Å². The molecule has 0 saturated heterocycles. The number of H-pyrrole nitrogens is 1. The smallest absolute Gasteiger partial charge is 0.261 e. The highest BCUT2D eigenvalue weighted by Gasteiger charge is 2.19. The van der Waals surface area contributed by atoms with Gasteiger partial charge in [0.05, 0.1) is 0 Å². The lowest BCUT2D eigenvalue weighted by molar-refractivity contribution is 0.0949. The molecule has 2 aromatic rings. The SMILES string of the molecule is CN1CCCc2cc(CNC(=O)c3ccc(CN(C)C4CCCCC4)[nH]c3=O)ccc21. The lowest BCUT2D eigenvalue weighted by Gasteiger charge is -2.31. The van der Waals surface area contributed by atoms with E-state index in [0.717, 1.165) is 30.6 Å². The lowest BCUT2D eigenvalue weighted by atomic mass is 9.94. The fourth-order valence-electron chi connectivity index (χ4n) is 4.93. The number of carbonyl (C=O) groups is 1. The van der Waals surface area contributed by atoms with E-state index in [0.29, 0.717) is 19.1 Å². The Balaban J connectivity index is 1.36. The Hall–Kier alpha value is -2.60. The molecule has 6 heteroatoms. The molecule has 1 fully saturated rings. The molecule has 0 unspecified atom stereocenters. The van der Waals surface area contributed by atoms with Gasteiger partial charge in [-0.05, 0) is 62.1 Å². The minimum absolute atomic E-state index is 0.168. The molecule has 1 aliphatic heterocycles. The van der Waals surface area contributed by atoms with Crippen LogP contribution in [0, 0.1) is 0 Å². The van der Waals surface area contributed by atoms with Gasteiger partial charge in [-0.2, -0.15) is 0 Å². The van der Waals surface area contributed by atoms with Crippen molar-refractivity contribution in [3.8, 4) is 0 Å². The Morgan fingerprint density at radius 3 is 2.74 bits per heavy atom. The lowest BCUT2D eigenvalue weighted by Crippen LogP contribution is -2.34. The minimum Gasteiger partial charge on any atom is -0.374 e. The summed E-state index contributed by atoms with van der Waals surface area (Å²) in [5.41, 5.74) is 4.36. The average molecular weight is 423 g/mol. The van der Waals surface area contributed by atoms with E-state index < -0.39 is 0 Å². The number of aromatic amines is 1. The van der Waals surface area contributed by atoms with Gasteiger partial charge in [-0.1, -0.05) is 31.4 Å². The Morgan fingerprint density at radius 2 is 1.97 bits per heavy atom. The first kappa shape index (κ1) is 21.6. The Labute approximate surface area is 184 Å². The van der Waals surface area contributed by atoms with Gasteiger partial charge in [0.25, 0.3) is 11.5 Å². The van der Waals surface area contributed by atoms with E-state index in [9.17, 15) is 9.59 Å². The summed E-state index contributed by atoms with van der Waals surface area (Å²) < 4.78 is 0. The predicted molar refractivity (Wildman–Crippen MR) is 125 cm³/mol. The number of nitrogens with one attached hydrogen (secondary N) is 2. The second kappa shape index (κ2) is 9.69. The number of amides is 1. The third kappa shape index (κ3) is 5.18. The van der Waals surface area contributed by atoms with Crippen LogP contribution < -0.4 is 15.8 Å². The first-order chi connectivity index (χ1) is 15.0. The Kier molecular flexibility index (Phi) is 6.76. The number of hydrogen-bond acceptors (Lipinski definition) is 4. The molecule has 1 amide bonds. The predicted octanol–water partition coefficient (Wildman–Crippen LogP) is 3.45. The van der Waals surface area contributed by atoms with Crippen LogP contribution in [0.2, 0.25) is 0 Å². The van der Waals surface area contributed by atoms with E-state index >= 15 is 0 Å². The molecule has 0 atom stereocenters. The van der Waals surface area contributed by atoms with E-state index in [2.05, 4.69) is 52.4 Å². The number of aromatic nitrogens is 1. The fourth-order valence-corrected chi connectivity index (χ4v) is 4.93. The van der Waals surface area contributed by atoms with Gasteiger partial charge >= 0.3 is 0 Å². The van der Waals surface area contributed by atoms with Gasteiger partial charge in [0.2, 0.25) is 0 Å². The van der Waals surface area contributed by atoms with E-state index in [-0.39, 0.29) is 17.0 Å². The van der Waals surface area contributed by atoms with Crippen molar-refractivity contribution in [1.29, 1.82) is 0 Å². The zero-order chi connectivity index (χ0) is 21.8. The number of fused-ring (bicyclic) bond motifs is 1. The molecule has 1 aromatic heterocycles. The van der Waals surface area contributed by atoms with Crippen molar-refractivity contribution in [1.82, 2.24) is 15.2 Å². The van der Waals surface area contributed by atoms with Crippen molar-refractivity contribution >= 4 is 11.6 Å². The normalized spacial score (nSPS) is 16.9. The van der Waals surface area contributed by atoms with E-state index in [4.69, 9.17) is 0 Å². The zero-order valence-electron chi connectivity index (χ0n) is 18.7. The molecule has 4 rings (SSSR count). The molecule has 6 nitrogen and oxygen atoms in total. The highest BCUT2D eigenvalue weighted by atomic mass is 16.2. The zero-order valence-corrected chi connectivity index (χ0v) is 18.7. The summed E-state index contributed by atoms with van der Waals surface area (Å²) in [4.78, 5) is 32.6. The quantitative estimate of drug-likeness (QED) is 0.748. The van der Waals surface area contributed by atoms with Crippen LogP contribution in [0.3, 0.4) is 0 Å². The molecule has 2 heterocycles. The van der Waals surface area contributed by atoms with Gasteiger partial charge in [0.1, 0.15) is 5.56 Å². The van der Waals surface area contributed by atoms with Crippen LogP contribution in [-0.2, 0) is 19.5 Å². The molecule has 31 heavy (non-hydrogen) atoms. The maximum atomic E-state index is 12.6. The van der Waals surface area contributed by atoms with Gasteiger partial charge in [-0.25, -0.2) is 0 Å². The number of anilines is 1. The number of aryl methyl sites for hydroxylation is 1. The third-order valence-corrected chi connectivity index (χ3v) is 6.78. The number of carbonyl (C=O) groups excluding carboxylic acids is 1. The van der Waals surface area contributed by atoms with Crippen LogP contribution in [0.25, 0.3) is 0 Å². The molecule has 0 bridgehead atoms. The largest absolute Gasteiger partial charge is 0.374 e. The molecule has 0 spiro atoms. The molecule has 2 aliphatic rings. The van der Waals surface area contributed by atoms with Crippen LogP contribution in [0.1, 0.15) is 65.7 Å². The standard InChI is InChI=1S/C25H34N4O2/c1-28-14-6-7-19-15-18(10-13-23(19)28)16-26-24(30)22-12-11-20(27-25(22)31)17-29(2)21-8-4-3-5-9-21/h10-13,15,21H,3-9,14,16-17H2,1-2H3,(H,26,30)(H,27,31). The summed E-state index contributed by atoms with van der Waals surface area (Å²) >= 11 is 0. The van der Waals surface area contributed by atoms with Crippen LogP contribution in [0.15, 0.2) is 35.1 Å².